The van der Waals surface area contributed by atoms with Crippen molar-refractivity contribution in [3.05, 3.63) is 46.3 Å². The van der Waals surface area contributed by atoms with Crippen molar-refractivity contribution in [2.24, 2.45) is 0 Å². The summed E-state index contributed by atoms with van der Waals surface area (Å²) in [4.78, 5) is 8.28. The highest BCUT2D eigenvalue weighted by Crippen LogP contribution is 2.22. The fourth-order valence-electron chi connectivity index (χ4n) is 1.41. The number of nitrogens with zero attached hydrogens (tertiary/aromatic N) is 2. The number of hydrogen-bond acceptors (Lipinski definition) is 4. The van der Waals surface area contributed by atoms with Crippen LogP contribution in [0, 0.1) is 6.92 Å². The number of methoxy groups -OCH3 is 1. The lowest BCUT2D eigenvalue weighted by molar-refractivity contribution is 0.290. The Hall–Kier alpha value is -1.62. The van der Waals surface area contributed by atoms with Gasteiger partial charge in [0.1, 0.15) is 18.2 Å². The second-order valence-corrected chi connectivity index (χ2v) is 4.56. The molecule has 5 heteroatoms. The van der Waals surface area contributed by atoms with Crippen LogP contribution < -0.4 is 9.47 Å². The molecule has 0 saturated heterocycles. The third kappa shape index (κ3) is 3.20. The van der Waals surface area contributed by atoms with E-state index in [4.69, 9.17) is 9.47 Å². The molecule has 1 aromatic carbocycles. The van der Waals surface area contributed by atoms with E-state index in [9.17, 15) is 0 Å². The average Bonchev–Trinajstić information content (AvgIpc) is 2.40. The fraction of sp³-hybridized carbons (Fsp3) is 0.231. The number of rotatable bonds is 4. The molecule has 0 aliphatic carbocycles. The van der Waals surface area contributed by atoms with Gasteiger partial charge in [-0.05, 0) is 40.5 Å². The quantitative estimate of drug-likeness (QED) is 0.870. The Labute approximate surface area is 114 Å². The molecule has 0 spiro atoms. The Morgan fingerprint density at radius 1 is 1.22 bits per heavy atom. The first kappa shape index (κ1) is 12.8. The summed E-state index contributed by atoms with van der Waals surface area (Å²) in [6.07, 6.45) is 1.69. The Balaban J connectivity index is 2.04. The molecule has 0 radical (unpaired) electrons. The van der Waals surface area contributed by atoms with Gasteiger partial charge in [-0.15, -0.1) is 0 Å². The minimum atomic E-state index is 0.457. The second kappa shape index (κ2) is 5.82. The molecule has 4 nitrogen and oxygen atoms in total. The summed E-state index contributed by atoms with van der Waals surface area (Å²) in [5, 5.41) is 0. The van der Waals surface area contributed by atoms with Gasteiger partial charge < -0.3 is 9.47 Å². The highest BCUT2D eigenvalue weighted by molar-refractivity contribution is 9.10. The zero-order valence-corrected chi connectivity index (χ0v) is 11.8. The third-order valence-electron chi connectivity index (χ3n) is 2.37. The number of halogens is 1. The van der Waals surface area contributed by atoms with E-state index in [0.29, 0.717) is 18.3 Å². The maximum absolute atomic E-state index is 5.64. The summed E-state index contributed by atoms with van der Waals surface area (Å²) in [5.41, 5.74) is 1.05. The van der Waals surface area contributed by atoms with Gasteiger partial charge in [-0.2, -0.15) is 4.98 Å². The summed E-state index contributed by atoms with van der Waals surface area (Å²) < 4.78 is 11.5. The van der Waals surface area contributed by atoms with E-state index in [-0.39, 0.29) is 0 Å². The minimum Gasteiger partial charge on any atom is -0.497 e. The van der Waals surface area contributed by atoms with Gasteiger partial charge in [-0.1, -0.05) is 12.1 Å². The Morgan fingerprint density at radius 3 is 2.61 bits per heavy atom. The second-order valence-electron chi connectivity index (χ2n) is 3.71. The van der Waals surface area contributed by atoms with Crippen molar-refractivity contribution < 1.29 is 9.47 Å². The molecule has 1 aromatic heterocycles. The van der Waals surface area contributed by atoms with Crippen molar-refractivity contribution >= 4 is 15.9 Å². The maximum atomic E-state index is 5.64. The van der Waals surface area contributed by atoms with Gasteiger partial charge in [0.25, 0.3) is 0 Å². The SMILES string of the molecule is COc1ccc(COc2nc(C)ncc2Br)cc1. The van der Waals surface area contributed by atoms with E-state index in [2.05, 4.69) is 25.9 Å². The molecular weight excluding hydrogens is 296 g/mol. The van der Waals surface area contributed by atoms with Crippen LogP contribution in [0.4, 0.5) is 0 Å². The van der Waals surface area contributed by atoms with Gasteiger partial charge in [-0.25, -0.2) is 4.98 Å². The van der Waals surface area contributed by atoms with Gasteiger partial charge >= 0.3 is 0 Å². The lowest BCUT2D eigenvalue weighted by atomic mass is 10.2. The smallest absolute Gasteiger partial charge is 0.231 e. The Bertz CT molecular complexity index is 529. The molecule has 18 heavy (non-hydrogen) atoms. The van der Waals surface area contributed by atoms with Gasteiger partial charge in [-0.3, -0.25) is 0 Å². The van der Waals surface area contributed by atoms with Crippen LogP contribution in [0.1, 0.15) is 11.4 Å². The van der Waals surface area contributed by atoms with E-state index >= 15 is 0 Å². The molecule has 1 heterocycles. The molecule has 0 N–H and O–H groups in total. The van der Waals surface area contributed by atoms with Crippen LogP contribution >= 0.6 is 15.9 Å². The Kier molecular flexibility index (Phi) is 4.15. The van der Waals surface area contributed by atoms with Crippen molar-refractivity contribution in [3.8, 4) is 11.6 Å². The zero-order chi connectivity index (χ0) is 13.0. The van der Waals surface area contributed by atoms with Crippen LogP contribution in [0.3, 0.4) is 0 Å². The number of ether oxygens (including phenoxy) is 2. The Morgan fingerprint density at radius 2 is 1.94 bits per heavy atom. The van der Waals surface area contributed by atoms with Crippen molar-refractivity contribution in [1.82, 2.24) is 9.97 Å². The molecule has 0 aliphatic rings. The maximum Gasteiger partial charge on any atom is 0.231 e. The van der Waals surface area contributed by atoms with Crippen molar-refractivity contribution in [2.45, 2.75) is 13.5 Å². The molecular formula is C13H13BrN2O2. The minimum absolute atomic E-state index is 0.457. The molecule has 0 aliphatic heterocycles. The zero-order valence-electron chi connectivity index (χ0n) is 10.2. The van der Waals surface area contributed by atoms with E-state index in [1.165, 1.54) is 0 Å². The molecule has 0 unspecified atom stereocenters. The molecule has 0 amide bonds. The van der Waals surface area contributed by atoms with Crippen LogP contribution in [0.2, 0.25) is 0 Å². The predicted octanol–water partition coefficient (Wildman–Crippen LogP) is 3.14. The van der Waals surface area contributed by atoms with Crippen LogP contribution in [-0.2, 0) is 6.61 Å². The fourth-order valence-corrected chi connectivity index (χ4v) is 1.71. The van der Waals surface area contributed by atoms with E-state index in [1.54, 1.807) is 13.3 Å². The van der Waals surface area contributed by atoms with Gasteiger partial charge in [0, 0.05) is 6.20 Å². The molecule has 2 rings (SSSR count). The van der Waals surface area contributed by atoms with Gasteiger partial charge in [0.2, 0.25) is 5.88 Å². The molecule has 0 bridgehead atoms. The van der Waals surface area contributed by atoms with Crippen LogP contribution in [-0.4, -0.2) is 17.1 Å². The summed E-state index contributed by atoms with van der Waals surface area (Å²) in [5.74, 6) is 2.07. The lowest BCUT2D eigenvalue weighted by Gasteiger charge is -2.08. The topological polar surface area (TPSA) is 44.2 Å². The standard InChI is InChI=1S/C13H13BrN2O2/c1-9-15-7-12(14)13(16-9)18-8-10-3-5-11(17-2)6-4-10/h3-7H,8H2,1-2H3. The molecule has 94 valence electrons. The van der Waals surface area contributed by atoms with Crippen LogP contribution in [0.15, 0.2) is 34.9 Å². The highest BCUT2D eigenvalue weighted by atomic mass is 79.9. The first-order valence-electron chi connectivity index (χ1n) is 5.44. The van der Waals surface area contributed by atoms with E-state index < -0.39 is 0 Å². The summed E-state index contributed by atoms with van der Waals surface area (Å²) in [6, 6.07) is 7.72. The van der Waals surface area contributed by atoms with Crippen molar-refractivity contribution in [3.63, 3.8) is 0 Å². The van der Waals surface area contributed by atoms with Gasteiger partial charge in [0.05, 0.1) is 11.6 Å². The number of aromatic nitrogens is 2. The molecule has 2 aromatic rings. The average molecular weight is 309 g/mol. The monoisotopic (exact) mass is 308 g/mol. The number of aryl methyl sites for hydroxylation is 1. The predicted molar refractivity (Wildman–Crippen MR) is 71.8 cm³/mol. The van der Waals surface area contributed by atoms with Crippen LogP contribution in [0.5, 0.6) is 11.6 Å². The van der Waals surface area contributed by atoms with Crippen molar-refractivity contribution in [1.29, 1.82) is 0 Å². The highest BCUT2D eigenvalue weighted by Gasteiger charge is 2.04. The first-order valence-corrected chi connectivity index (χ1v) is 6.23. The number of hydrogen-bond donors (Lipinski definition) is 0. The summed E-state index contributed by atoms with van der Waals surface area (Å²) in [7, 11) is 1.65. The molecule has 0 atom stereocenters. The van der Waals surface area contributed by atoms with Crippen molar-refractivity contribution in [2.75, 3.05) is 7.11 Å². The largest absolute Gasteiger partial charge is 0.497 e. The van der Waals surface area contributed by atoms with Gasteiger partial charge in [0.15, 0.2) is 0 Å². The third-order valence-corrected chi connectivity index (χ3v) is 2.91. The van der Waals surface area contributed by atoms with E-state index in [0.717, 1.165) is 15.8 Å². The van der Waals surface area contributed by atoms with E-state index in [1.807, 2.05) is 31.2 Å². The molecule has 0 saturated carbocycles. The lowest BCUT2D eigenvalue weighted by Crippen LogP contribution is -2.00. The summed E-state index contributed by atoms with van der Waals surface area (Å²) >= 11 is 3.36. The normalized spacial score (nSPS) is 10.2. The number of benzene rings is 1. The summed E-state index contributed by atoms with van der Waals surface area (Å²) in [6.45, 7) is 2.28. The van der Waals surface area contributed by atoms with Crippen LogP contribution in [0.25, 0.3) is 0 Å². The molecule has 0 fully saturated rings. The first-order chi connectivity index (χ1) is 8.69.